The Kier molecular flexibility index (Phi) is 11.1. The first kappa shape index (κ1) is 34.6. The number of hydrogen-bond donors (Lipinski definition) is 3. The number of nitrogens with two attached hydrogens (primary N) is 1. The largest absolute Gasteiger partial charge is 0.337 e. The third-order valence-electron chi connectivity index (χ3n) is 8.21. The zero-order valence-corrected chi connectivity index (χ0v) is 26.2. The molecule has 9 nitrogen and oxygen atoms in total. The van der Waals surface area contributed by atoms with Gasteiger partial charge in [0.25, 0.3) is 10.1 Å². The van der Waals surface area contributed by atoms with E-state index in [1.54, 1.807) is 30.3 Å². The maximum Gasteiger partial charge on any atom is 0.294 e. The van der Waals surface area contributed by atoms with Crippen LogP contribution in [0.4, 0.5) is 13.2 Å². The normalized spacial score (nSPS) is 20.3. The van der Waals surface area contributed by atoms with Crippen LogP contribution in [0.2, 0.25) is 0 Å². The van der Waals surface area contributed by atoms with Crippen LogP contribution < -0.4 is 10.5 Å². The van der Waals surface area contributed by atoms with Gasteiger partial charge in [0.1, 0.15) is 5.82 Å². The fourth-order valence-electron chi connectivity index (χ4n) is 5.93. The number of aryl methyl sites for hydroxylation is 1. The van der Waals surface area contributed by atoms with E-state index in [0.29, 0.717) is 18.9 Å². The summed E-state index contributed by atoms with van der Waals surface area (Å²) < 4.78 is 97.5. The summed E-state index contributed by atoms with van der Waals surface area (Å²) >= 11 is 0. The molecule has 0 radical (unpaired) electrons. The van der Waals surface area contributed by atoms with Gasteiger partial charge in [-0.2, -0.15) is 8.42 Å². The molecular formula is C31H36F3N3O6S2. The summed E-state index contributed by atoms with van der Waals surface area (Å²) in [7, 11) is -7.69. The fourth-order valence-corrected chi connectivity index (χ4v) is 7.46. The number of benzene rings is 3. The van der Waals surface area contributed by atoms with Gasteiger partial charge in [-0.05, 0) is 80.8 Å². The molecule has 1 amide bonds. The Morgan fingerprint density at radius 2 is 1.49 bits per heavy atom. The van der Waals surface area contributed by atoms with Gasteiger partial charge >= 0.3 is 0 Å². The lowest BCUT2D eigenvalue weighted by Gasteiger charge is -2.41. The first-order chi connectivity index (χ1) is 21.2. The molecule has 2 aliphatic heterocycles. The number of piperidine rings is 1. The maximum atomic E-state index is 14.0. The molecule has 2 heterocycles. The zero-order valence-electron chi connectivity index (χ0n) is 24.6. The summed E-state index contributed by atoms with van der Waals surface area (Å²) in [5.41, 5.74) is 7.33. The van der Waals surface area contributed by atoms with Gasteiger partial charge in [-0.25, -0.2) is 26.3 Å². The Morgan fingerprint density at radius 3 is 2.07 bits per heavy atom. The predicted molar refractivity (Wildman–Crippen MR) is 162 cm³/mol. The van der Waals surface area contributed by atoms with E-state index in [4.69, 9.17) is 10.3 Å². The number of halogens is 3. The van der Waals surface area contributed by atoms with E-state index in [9.17, 15) is 34.8 Å². The molecule has 2 unspecified atom stereocenters. The van der Waals surface area contributed by atoms with Crippen molar-refractivity contribution >= 4 is 26.0 Å². The summed E-state index contributed by atoms with van der Waals surface area (Å²) in [6, 6.07) is 14.9. The number of nitrogens with one attached hydrogen (secondary N) is 1. The van der Waals surface area contributed by atoms with Crippen molar-refractivity contribution in [2.45, 2.75) is 73.4 Å². The van der Waals surface area contributed by atoms with E-state index in [1.165, 1.54) is 24.3 Å². The predicted octanol–water partition coefficient (Wildman–Crippen LogP) is 4.35. The van der Waals surface area contributed by atoms with Gasteiger partial charge in [0.05, 0.1) is 9.79 Å². The summed E-state index contributed by atoms with van der Waals surface area (Å²) in [5, 5.41) is 0. The number of rotatable bonds is 9. The Labute approximate surface area is 261 Å². The molecule has 4 N–H and O–H groups in total. The average Bonchev–Trinajstić information content (AvgIpc) is 3.25. The summed E-state index contributed by atoms with van der Waals surface area (Å²) in [4.78, 5) is 14.8. The molecule has 3 atom stereocenters. The van der Waals surface area contributed by atoms with Crippen LogP contribution in [0, 0.1) is 30.3 Å². The Hall–Kier alpha value is -3.30. The van der Waals surface area contributed by atoms with Crippen molar-refractivity contribution in [2.75, 3.05) is 6.54 Å². The van der Waals surface area contributed by atoms with Gasteiger partial charge in [0.15, 0.2) is 11.6 Å². The first-order valence-electron chi connectivity index (χ1n) is 14.4. The fraction of sp³-hybridized carbons (Fsp3) is 0.387. The number of hydrogen-bond acceptors (Lipinski definition) is 6. The molecule has 0 saturated carbocycles. The highest BCUT2D eigenvalue weighted by Gasteiger charge is 2.44. The minimum atomic E-state index is -4.02. The van der Waals surface area contributed by atoms with Crippen molar-refractivity contribution in [1.82, 2.24) is 9.62 Å². The second kappa shape index (κ2) is 14.4. The first-order valence-corrected chi connectivity index (χ1v) is 17.4. The molecule has 3 aromatic carbocycles. The Balaban J connectivity index is 0.000000354. The topological polar surface area (TPSA) is 147 Å². The van der Waals surface area contributed by atoms with Gasteiger partial charge in [-0.3, -0.25) is 9.35 Å². The van der Waals surface area contributed by atoms with Crippen molar-refractivity contribution in [3.8, 4) is 0 Å². The van der Waals surface area contributed by atoms with Crippen molar-refractivity contribution in [3.63, 3.8) is 0 Å². The molecule has 3 aromatic rings. The number of sulfonamides is 1. The van der Waals surface area contributed by atoms with Crippen LogP contribution in [0.15, 0.2) is 76.5 Å². The molecule has 0 aromatic heterocycles. The van der Waals surface area contributed by atoms with Crippen LogP contribution in [0.5, 0.6) is 0 Å². The van der Waals surface area contributed by atoms with Crippen LogP contribution >= 0.6 is 0 Å². The monoisotopic (exact) mass is 667 g/mol. The summed E-state index contributed by atoms with van der Waals surface area (Å²) in [5.74, 6) is -3.24. The standard InChI is InChI=1S/C24H28F3N3O3S.C7H8O3S/c25-20-14-22(27)21(26)12-15(20)13-23(28)16-10-17-6-7-18(11-16)30(17)24(31)8-9-29-34(32,33)19-4-2-1-3-5-19;1-6-2-4-7(5-3-6)11(8,9)10/h1-5,12,14,16-18,23,29H,6-11,13,28H2;2-5H,1H3,(H,8,9,10)/t16?,17?,18?,23-;/m1./s1. The highest BCUT2D eigenvalue weighted by molar-refractivity contribution is 7.89. The molecule has 5 rings (SSSR count). The van der Waals surface area contributed by atoms with Gasteiger partial charge in [0, 0.05) is 37.2 Å². The van der Waals surface area contributed by atoms with E-state index in [-0.39, 0.29) is 58.6 Å². The van der Waals surface area contributed by atoms with Crippen molar-refractivity contribution in [2.24, 2.45) is 11.7 Å². The highest BCUT2D eigenvalue weighted by Crippen LogP contribution is 2.40. The second-order valence-corrected chi connectivity index (χ2v) is 14.6. The zero-order chi connectivity index (χ0) is 32.9. The molecule has 2 bridgehead atoms. The lowest BCUT2D eigenvalue weighted by Crippen LogP contribution is -2.50. The molecule has 45 heavy (non-hydrogen) atoms. The summed E-state index contributed by atoms with van der Waals surface area (Å²) in [6.45, 7) is 1.85. The SMILES string of the molecule is Cc1ccc(S(=O)(=O)O)cc1.N[C@H](Cc1cc(F)c(F)cc1F)C1CC2CCC(C1)N2C(=O)CCNS(=O)(=O)c1ccccc1. The molecule has 2 aliphatic rings. The minimum absolute atomic E-state index is 0.00432. The van der Waals surface area contributed by atoms with Crippen molar-refractivity contribution in [1.29, 1.82) is 0 Å². The number of carbonyl (C=O) groups is 1. The molecule has 14 heteroatoms. The van der Waals surface area contributed by atoms with Crippen LogP contribution in [-0.2, 0) is 31.4 Å². The molecule has 0 aliphatic carbocycles. The van der Waals surface area contributed by atoms with Crippen LogP contribution in [0.1, 0.15) is 43.2 Å². The third-order valence-corrected chi connectivity index (χ3v) is 10.6. The van der Waals surface area contributed by atoms with E-state index < -0.39 is 43.6 Å². The van der Waals surface area contributed by atoms with E-state index >= 15 is 0 Å². The smallest absolute Gasteiger partial charge is 0.294 e. The number of fused-ring (bicyclic) bond motifs is 2. The van der Waals surface area contributed by atoms with Crippen molar-refractivity contribution < 1.29 is 39.4 Å². The Morgan fingerprint density at radius 1 is 0.911 bits per heavy atom. The second-order valence-electron chi connectivity index (χ2n) is 11.4. The molecule has 0 spiro atoms. The van der Waals surface area contributed by atoms with E-state index in [0.717, 1.165) is 24.5 Å². The minimum Gasteiger partial charge on any atom is -0.337 e. The quantitative estimate of drug-likeness (QED) is 0.227. The molecule has 2 fully saturated rings. The van der Waals surface area contributed by atoms with Gasteiger partial charge < -0.3 is 10.6 Å². The number of amides is 1. The number of carbonyl (C=O) groups excluding carboxylic acids is 1. The maximum absolute atomic E-state index is 14.0. The van der Waals surface area contributed by atoms with Gasteiger partial charge in [-0.15, -0.1) is 0 Å². The molecular weight excluding hydrogens is 631 g/mol. The highest BCUT2D eigenvalue weighted by atomic mass is 32.2. The lowest BCUT2D eigenvalue weighted by molar-refractivity contribution is -0.136. The average molecular weight is 668 g/mol. The Bertz CT molecular complexity index is 1690. The third kappa shape index (κ3) is 8.91. The van der Waals surface area contributed by atoms with Gasteiger partial charge in [-0.1, -0.05) is 35.9 Å². The van der Waals surface area contributed by atoms with Crippen LogP contribution in [-0.4, -0.2) is 56.9 Å². The van der Waals surface area contributed by atoms with Gasteiger partial charge in [0.2, 0.25) is 15.9 Å². The number of nitrogens with zero attached hydrogens (tertiary/aromatic N) is 1. The lowest BCUT2D eigenvalue weighted by atomic mass is 9.82. The summed E-state index contributed by atoms with van der Waals surface area (Å²) in [6.07, 6.45) is 3.08. The van der Waals surface area contributed by atoms with Crippen LogP contribution in [0.3, 0.4) is 0 Å². The van der Waals surface area contributed by atoms with Crippen molar-refractivity contribution in [3.05, 3.63) is 95.3 Å². The molecule has 2 saturated heterocycles. The molecule has 244 valence electrons. The van der Waals surface area contributed by atoms with E-state index in [1.807, 2.05) is 11.8 Å². The van der Waals surface area contributed by atoms with Crippen LogP contribution in [0.25, 0.3) is 0 Å². The van der Waals surface area contributed by atoms with E-state index in [2.05, 4.69) is 4.72 Å².